The Hall–Kier alpha value is -1.51. The van der Waals surface area contributed by atoms with Crippen LogP contribution in [-0.4, -0.2) is 16.9 Å². The van der Waals surface area contributed by atoms with Crippen LogP contribution in [0, 0.1) is 6.92 Å². The Labute approximate surface area is 76.9 Å². The molecule has 0 amide bonds. The lowest BCUT2D eigenvalue weighted by Crippen LogP contribution is -1.92. The molecule has 0 saturated carbocycles. The third kappa shape index (κ3) is 1.08. The lowest BCUT2D eigenvalue weighted by atomic mass is 10.2. The molecule has 3 heteroatoms. The monoisotopic (exact) mass is 176 g/mol. The second kappa shape index (κ2) is 2.76. The minimum atomic E-state index is 0.876. The van der Waals surface area contributed by atoms with E-state index in [1.165, 1.54) is 0 Å². The van der Waals surface area contributed by atoms with Gasteiger partial charge in [0.2, 0.25) is 0 Å². The summed E-state index contributed by atoms with van der Waals surface area (Å²) in [5.74, 6) is 0.876. The van der Waals surface area contributed by atoms with Crippen LogP contribution in [0.15, 0.2) is 18.2 Å². The fraction of sp³-hybridized carbons (Fsp3) is 0.300. The Morgan fingerprint density at radius 3 is 2.85 bits per heavy atom. The first-order chi connectivity index (χ1) is 6.24. The van der Waals surface area contributed by atoms with Crippen molar-refractivity contribution < 1.29 is 4.74 Å². The number of benzene rings is 1. The molecule has 0 bridgehead atoms. The Bertz CT molecular complexity index is 445. The van der Waals surface area contributed by atoms with Gasteiger partial charge in [-0.05, 0) is 13.0 Å². The number of hydrogen-bond donors (Lipinski definition) is 0. The van der Waals surface area contributed by atoms with Crippen LogP contribution >= 0.6 is 0 Å². The van der Waals surface area contributed by atoms with Gasteiger partial charge in [0.15, 0.2) is 0 Å². The Morgan fingerprint density at radius 1 is 1.38 bits per heavy atom. The number of aromatic nitrogens is 2. The number of nitrogens with zero attached hydrogens (tertiary/aromatic N) is 2. The average Bonchev–Trinajstić information content (AvgIpc) is 2.43. The maximum atomic E-state index is 5.26. The minimum Gasteiger partial charge on any atom is -0.494 e. The highest BCUT2D eigenvalue weighted by Gasteiger charge is 2.08. The van der Waals surface area contributed by atoms with Crippen molar-refractivity contribution in [1.82, 2.24) is 9.78 Å². The maximum absolute atomic E-state index is 5.26. The Morgan fingerprint density at radius 2 is 2.15 bits per heavy atom. The van der Waals surface area contributed by atoms with Crippen molar-refractivity contribution in [3.63, 3.8) is 0 Å². The molecule has 0 unspecified atom stereocenters. The van der Waals surface area contributed by atoms with E-state index < -0.39 is 0 Å². The van der Waals surface area contributed by atoms with Gasteiger partial charge < -0.3 is 4.74 Å². The first-order valence-electron chi connectivity index (χ1n) is 4.20. The smallest absolute Gasteiger partial charge is 0.144 e. The SMILES string of the molecule is COc1cccc2c(C)nn(C)c12. The van der Waals surface area contributed by atoms with Crippen molar-refractivity contribution in [2.45, 2.75) is 6.92 Å². The van der Waals surface area contributed by atoms with Gasteiger partial charge in [-0.2, -0.15) is 5.10 Å². The molecule has 0 aliphatic rings. The Balaban J connectivity index is 2.88. The van der Waals surface area contributed by atoms with Crippen molar-refractivity contribution in [3.05, 3.63) is 23.9 Å². The fourth-order valence-corrected chi connectivity index (χ4v) is 1.64. The third-order valence-corrected chi connectivity index (χ3v) is 2.23. The van der Waals surface area contributed by atoms with Crippen LogP contribution in [0.3, 0.4) is 0 Å². The molecular formula is C10H12N2O. The number of rotatable bonds is 1. The van der Waals surface area contributed by atoms with E-state index in [9.17, 15) is 0 Å². The lowest BCUT2D eigenvalue weighted by Gasteiger charge is -2.02. The predicted octanol–water partition coefficient (Wildman–Crippen LogP) is 1.89. The summed E-state index contributed by atoms with van der Waals surface area (Å²) < 4.78 is 7.11. The highest BCUT2D eigenvalue weighted by Crippen LogP contribution is 2.26. The summed E-state index contributed by atoms with van der Waals surface area (Å²) in [4.78, 5) is 0. The van der Waals surface area contributed by atoms with E-state index in [1.54, 1.807) is 7.11 Å². The molecule has 1 aromatic carbocycles. The first-order valence-corrected chi connectivity index (χ1v) is 4.20. The summed E-state index contributed by atoms with van der Waals surface area (Å²) in [6, 6.07) is 5.99. The third-order valence-electron chi connectivity index (χ3n) is 2.23. The molecule has 2 aromatic rings. The quantitative estimate of drug-likeness (QED) is 0.663. The molecule has 0 fully saturated rings. The van der Waals surface area contributed by atoms with Crippen molar-refractivity contribution >= 4 is 10.9 Å². The van der Waals surface area contributed by atoms with Crippen LogP contribution < -0.4 is 4.74 Å². The van der Waals surface area contributed by atoms with Crippen molar-refractivity contribution in [3.8, 4) is 5.75 Å². The van der Waals surface area contributed by atoms with Crippen LogP contribution in [0.25, 0.3) is 10.9 Å². The van der Waals surface area contributed by atoms with Gasteiger partial charge in [0.1, 0.15) is 11.3 Å². The van der Waals surface area contributed by atoms with E-state index in [0.717, 1.165) is 22.3 Å². The highest BCUT2D eigenvalue weighted by molar-refractivity contribution is 5.87. The number of hydrogen-bond acceptors (Lipinski definition) is 2. The molecule has 0 saturated heterocycles. The van der Waals surface area contributed by atoms with Gasteiger partial charge in [-0.3, -0.25) is 4.68 Å². The van der Waals surface area contributed by atoms with Crippen LogP contribution in [0.4, 0.5) is 0 Å². The molecule has 68 valence electrons. The van der Waals surface area contributed by atoms with Gasteiger partial charge in [0.05, 0.1) is 12.8 Å². The molecule has 3 nitrogen and oxygen atoms in total. The normalized spacial score (nSPS) is 10.7. The predicted molar refractivity (Wildman–Crippen MR) is 52.0 cm³/mol. The molecule has 0 aliphatic heterocycles. The highest BCUT2D eigenvalue weighted by atomic mass is 16.5. The molecule has 0 N–H and O–H groups in total. The number of ether oxygens (including phenoxy) is 1. The summed E-state index contributed by atoms with van der Waals surface area (Å²) in [6.07, 6.45) is 0. The zero-order valence-corrected chi connectivity index (χ0v) is 8.03. The first kappa shape index (κ1) is 8.10. The standard InChI is InChI=1S/C10H12N2O/c1-7-8-5-4-6-9(13-3)10(8)12(2)11-7/h4-6H,1-3H3. The fourth-order valence-electron chi connectivity index (χ4n) is 1.64. The molecule has 0 spiro atoms. The average molecular weight is 176 g/mol. The summed E-state index contributed by atoms with van der Waals surface area (Å²) >= 11 is 0. The zero-order valence-electron chi connectivity index (χ0n) is 8.03. The van der Waals surface area contributed by atoms with Crippen LogP contribution in [0.2, 0.25) is 0 Å². The van der Waals surface area contributed by atoms with Crippen molar-refractivity contribution in [2.24, 2.45) is 7.05 Å². The zero-order chi connectivity index (χ0) is 9.42. The maximum Gasteiger partial charge on any atom is 0.144 e. The number of para-hydroxylation sites is 1. The van der Waals surface area contributed by atoms with Gasteiger partial charge in [-0.25, -0.2) is 0 Å². The lowest BCUT2D eigenvalue weighted by molar-refractivity contribution is 0.417. The van der Waals surface area contributed by atoms with Gasteiger partial charge >= 0.3 is 0 Å². The van der Waals surface area contributed by atoms with Gasteiger partial charge in [0, 0.05) is 12.4 Å². The van der Waals surface area contributed by atoms with E-state index in [4.69, 9.17) is 4.74 Å². The second-order valence-corrected chi connectivity index (χ2v) is 3.07. The summed E-state index contributed by atoms with van der Waals surface area (Å²) in [5, 5.41) is 5.49. The topological polar surface area (TPSA) is 27.1 Å². The van der Waals surface area contributed by atoms with Crippen LogP contribution in [-0.2, 0) is 7.05 Å². The van der Waals surface area contributed by atoms with E-state index >= 15 is 0 Å². The minimum absolute atomic E-state index is 0.876. The summed E-state index contributed by atoms with van der Waals surface area (Å²) in [7, 11) is 3.61. The van der Waals surface area contributed by atoms with E-state index in [-0.39, 0.29) is 0 Å². The van der Waals surface area contributed by atoms with E-state index in [2.05, 4.69) is 11.2 Å². The molecule has 0 atom stereocenters. The van der Waals surface area contributed by atoms with Crippen molar-refractivity contribution in [1.29, 1.82) is 0 Å². The largest absolute Gasteiger partial charge is 0.494 e. The molecule has 1 heterocycles. The second-order valence-electron chi connectivity index (χ2n) is 3.07. The van der Waals surface area contributed by atoms with Crippen LogP contribution in [0.1, 0.15) is 5.69 Å². The van der Waals surface area contributed by atoms with Gasteiger partial charge in [-0.15, -0.1) is 0 Å². The molecule has 0 aliphatic carbocycles. The van der Waals surface area contributed by atoms with Gasteiger partial charge in [0.25, 0.3) is 0 Å². The number of fused-ring (bicyclic) bond motifs is 1. The Kier molecular flexibility index (Phi) is 1.72. The van der Waals surface area contributed by atoms with E-state index in [1.807, 2.05) is 30.8 Å². The molecule has 0 radical (unpaired) electrons. The van der Waals surface area contributed by atoms with Gasteiger partial charge in [-0.1, -0.05) is 12.1 Å². The number of methoxy groups -OCH3 is 1. The van der Waals surface area contributed by atoms with Crippen LogP contribution in [0.5, 0.6) is 5.75 Å². The number of aryl methyl sites for hydroxylation is 2. The van der Waals surface area contributed by atoms with Crippen molar-refractivity contribution in [2.75, 3.05) is 7.11 Å². The summed E-state index contributed by atoms with van der Waals surface area (Å²) in [6.45, 7) is 2.00. The summed E-state index contributed by atoms with van der Waals surface area (Å²) in [5.41, 5.74) is 2.10. The molecule has 13 heavy (non-hydrogen) atoms. The molecule has 1 aromatic heterocycles. The molecule has 2 rings (SSSR count). The molecular weight excluding hydrogens is 164 g/mol. The van der Waals surface area contributed by atoms with E-state index in [0.29, 0.717) is 0 Å².